The van der Waals surface area contributed by atoms with Crippen molar-refractivity contribution >= 4 is 5.78 Å². The van der Waals surface area contributed by atoms with Crippen LogP contribution in [-0.4, -0.2) is 26.0 Å². The Labute approximate surface area is 109 Å². The van der Waals surface area contributed by atoms with E-state index in [9.17, 15) is 4.79 Å². The first-order valence-electron chi connectivity index (χ1n) is 6.67. The van der Waals surface area contributed by atoms with Gasteiger partial charge in [0.25, 0.3) is 0 Å². The predicted molar refractivity (Wildman–Crippen MR) is 72.2 cm³/mol. The van der Waals surface area contributed by atoms with Gasteiger partial charge in [-0.15, -0.1) is 0 Å². The zero-order valence-corrected chi connectivity index (χ0v) is 10.9. The standard InChI is InChI=1S/C15H21NO2/c1-18-14-6-2-5-13(10-14)15(17)8-7-12-4-3-9-16-11-12/h2,5-6,10,12,16H,3-4,7-9,11H2,1H3. The van der Waals surface area contributed by atoms with Gasteiger partial charge in [0.05, 0.1) is 7.11 Å². The molecule has 0 aromatic heterocycles. The van der Waals surface area contributed by atoms with E-state index in [2.05, 4.69) is 5.32 Å². The molecule has 0 amide bonds. The minimum absolute atomic E-state index is 0.222. The molecule has 1 saturated heterocycles. The topological polar surface area (TPSA) is 38.3 Å². The van der Waals surface area contributed by atoms with Gasteiger partial charge in [0.2, 0.25) is 0 Å². The lowest BCUT2D eigenvalue weighted by atomic mass is 9.92. The number of Topliss-reactive ketones (excluding diaryl/α,β-unsaturated/α-hetero) is 1. The van der Waals surface area contributed by atoms with Crippen molar-refractivity contribution in [1.82, 2.24) is 5.32 Å². The van der Waals surface area contributed by atoms with Gasteiger partial charge in [0, 0.05) is 12.0 Å². The number of ketones is 1. The van der Waals surface area contributed by atoms with Crippen LogP contribution >= 0.6 is 0 Å². The van der Waals surface area contributed by atoms with E-state index in [1.807, 2.05) is 24.3 Å². The Morgan fingerprint density at radius 3 is 3.11 bits per heavy atom. The molecular weight excluding hydrogens is 226 g/mol. The summed E-state index contributed by atoms with van der Waals surface area (Å²) >= 11 is 0. The van der Waals surface area contributed by atoms with Gasteiger partial charge < -0.3 is 10.1 Å². The third kappa shape index (κ3) is 3.57. The Balaban J connectivity index is 1.86. The summed E-state index contributed by atoms with van der Waals surface area (Å²) in [6.45, 7) is 2.19. The molecule has 2 rings (SSSR count). The third-order valence-electron chi connectivity index (χ3n) is 3.57. The van der Waals surface area contributed by atoms with E-state index >= 15 is 0 Å². The number of hydrogen-bond acceptors (Lipinski definition) is 3. The van der Waals surface area contributed by atoms with Crippen molar-refractivity contribution in [2.75, 3.05) is 20.2 Å². The number of benzene rings is 1. The molecule has 1 unspecified atom stereocenters. The number of carbonyl (C=O) groups is 1. The first-order valence-corrected chi connectivity index (χ1v) is 6.67. The fraction of sp³-hybridized carbons (Fsp3) is 0.533. The van der Waals surface area contributed by atoms with Crippen LogP contribution in [0.3, 0.4) is 0 Å². The van der Waals surface area contributed by atoms with Crippen LogP contribution in [0.25, 0.3) is 0 Å². The van der Waals surface area contributed by atoms with E-state index in [1.54, 1.807) is 7.11 Å². The summed E-state index contributed by atoms with van der Waals surface area (Å²) < 4.78 is 5.14. The number of hydrogen-bond donors (Lipinski definition) is 1. The molecule has 1 aliphatic heterocycles. The molecule has 1 aromatic rings. The maximum Gasteiger partial charge on any atom is 0.163 e. The number of methoxy groups -OCH3 is 1. The Bertz CT molecular complexity index is 397. The van der Waals surface area contributed by atoms with Gasteiger partial charge in [0.1, 0.15) is 5.75 Å². The molecule has 1 fully saturated rings. The van der Waals surface area contributed by atoms with E-state index < -0.39 is 0 Å². The van der Waals surface area contributed by atoms with Crippen molar-refractivity contribution in [3.8, 4) is 5.75 Å². The Kier molecular flexibility index (Phi) is 4.76. The first-order chi connectivity index (χ1) is 8.79. The second-order valence-corrected chi connectivity index (χ2v) is 4.91. The minimum atomic E-state index is 0.222. The zero-order valence-electron chi connectivity index (χ0n) is 10.9. The fourth-order valence-electron chi connectivity index (χ4n) is 2.45. The zero-order chi connectivity index (χ0) is 12.8. The number of rotatable bonds is 5. The Morgan fingerprint density at radius 1 is 1.50 bits per heavy atom. The van der Waals surface area contributed by atoms with Crippen molar-refractivity contribution in [2.45, 2.75) is 25.7 Å². The normalized spacial score (nSPS) is 19.5. The Hall–Kier alpha value is -1.35. The van der Waals surface area contributed by atoms with Crippen LogP contribution in [0, 0.1) is 5.92 Å². The molecule has 0 spiro atoms. The summed E-state index contributed by atoms with van der Waals surface area (Å²) in [6.07, 6.45) is 4.11. The average molecular weight is 247 g/mol. The van der Waals surface area contributed by atoms with Crippen LogP contribution in [0.1, 0.15) is 36.0 Å². The van der Waals surface area contributed by atoms with Crippen LogP contribution in [0.2, 0.25) is 0 Å². The predicted octanol–water partition coefficient (Wildman–Crippen LogP) is 2.66. The van der Waals surface area contributed by atoms with E-state index in [0.717, 1.165) is 30.8 Å². The summed E-state index contributed by atoms with van der Waals surface area (Å²) in [4.78, 5) is 12.1. The Morgan fingerprint density at radius 2 is 2.39 bits per heavy atom. The van der Waals surface area contributed by atoms with Crippen LogP contribution in [0.4, 0.5) is 0 Å². The summed E-state index contributed by atoms with van der Waals surface area (Å²) in [5, 5.41) is 3.39. The lowest BCUT2D eigenvalue weighted by Gasteiger charge is -2.22. The first kappa shape index (κ1) is 13.1. The largest absolute Gasteiger partial charge is 0.497 e. The van der Waals surface area contributed by atoms with Crippen molar-refractivity contribution in [3.05, 3.63) is 29.8 Å². The molecule has 0 saturated carbocycles. The molecular formula is C15H21NO2. The molecule has 1 aromatic carbocycles. The van der Waals surface area contributed by atoms with Crippen molar-refractivity contribution in [3.63, 3.8) is 0 Å². The number of nitrogens with one attached hydrogen (secondary N) is 1. The molecule has 0 radical (unpaired) electrons. The van der Waals surface area contributed by atoms with E-state index in [-0.39, 0.29) is 5.78 Å². The molecule has 1 aliphatic rings. The number of ether oxygens (including phenoxy) is 1. The molecule has 3 nitrogen and oxygen atoms in total. The smallest absolute Gasteiger partial charge is 0.163 e. The van der Waals surface area contributed by atoms with Gasteiger partial charge in [-0.25, -0.2) is 0 Å². The maximum atomic E-state index is 12.1. The summed E-state index contributed by atoms with van der Waals surface area (Å²) in [6, 6.07) is 7.42. The molecule has 0 bridgehead atoms. The highest BCUT2D eigenvalue weighted by Gasteiger charge is 2.15. The average Bonchev–Trinajstić information content (AvgIpc) is 2.46. The molecule has 1 heterocycles. The third-order valence-corrected chi connectivity index (χ3v) is 3.57. The minimum Gasteiger partial charge on any atom is -0.497 e. The van der Waals surface area contributed by atoms with Crippen molar-refractivity contribution < 1.29 is 9.53 Å². The van der Waals surface area contributed by atoms with Gasteiger partial charge in [-0.2, -0.15) is 0 Å². The molecule has 1 atom stereocenters. The molecule has 0 aliphatic carbocycles. The summed E-state index contributed by atoms with van der Waals surface area (Å²) in [5.74, 6) is 1.63. The highest BCUT2D eigenvalue weighted by molar-refractivity contribution is 5.96. The fourth-order valence-corrected chi connectivity index (χ4v) is 2.45. The van der Waals surface area contributed by atoms with Crippen LogP contribution in [-0.2, 0) is 0 Å². The van der Waals surface area contributed by atoms with Crippen molar-refractivity contribution in [1.29, 1.82) is 0 Å². The number of piperidine rings is 1. The second kappa shape index (κ2) is 6.55. The summed E-state index contributed by atoms with van der Waals surface area (Å²) in [7, 11) is 1.62. The SMILES string of the molecule is COc1cccc(C(=O)CCC2CCCNC2)c1. The van der Waals surface area contributed by atoms with E-state index in [0.29, 0.717) is 12.3 Å². The second-order valence-electron chi connectivity index (χ2n) is 4.91. The monoisotopic (exact) mass is 247 g/mol. The van der Waals surface area contributed by atoms with E-state index in [4.69, 9.17) is 4.74 Å². The molecule has 98 valence electrons. The van der Waals surface area contributed by atoms with Crippen molar-refractivity contribution in [2.24, 2.45) is 5.92 Å². The van der Waals surface area contributed by atoms with Gasteiger partial charge in [0.15, 0.2) is 5.78 Å². The van der Waals surface area contributed by atoms with Crippen LogP contribution in [0.15, 0.2) is 24.3 Å². The van der Waals surface area contributed by atoms with Gasteiger partial charge >= 0.3 is 0 Å². The lowest BCUT2D eigenvalue weighted by Crippen LogP contribution is -2.30. The summed E-state index contributed by atoms with van der Waals surface area (Å²) in [5.41, 5.74) is 0.762. The maximum absolute atomic E-state index is 12.1. The molecule has 3 heteroatoms. The van der Waals surface area contributed by atoms with Crippen LogP contribution < -0.4 is 10.1 Å². The lowest BCUT2D eigenvalue weighted by molar-refractivity contribution is 0.0971. The van der Waals surface area contributed by atoms with Gasteiger partial charge in [-0.1, -0.05) is 12.1 Å². The van der Waals surface area contributed by atoms with Gasteiger partial charge in [-0.05, 0) is 50.4 Å². The quantitative estimate of drug-likeness (QED) is 0.813. The molecule has 18 heavy (non-hydrogen) atoms. The highest BCUT2D eigenvalue weighted by atomic mass is 16.5. The van der Waals surface area contributed by atoms with Gasteiger partial charge in [-0.3, -0.25) is 4.79 Å². The highest BCUT2D eigenvalue weighted by Crippen LogP contribution is 2.19. The van der Waals surface area contributed by atoms with Crippen LogP contribution in [0.5, 0.6) is 5.75 Å². The van der Waals surface area contributed by atoms with E-state index in [1.165, 1.54) is 12.8 Å². The number of carbonyl (C=O) groups excluding carboxylic acids is 1. The molecule has 1 N–H and O–H groups in total.